The summed E-state index contributed by atoms with van der Waals surface area (Å²) in [6.45, 7) is 4.01. The third kappa shape index (κ3) is 3.07. The number of hydrogen-bond acceptors (Lipinski definition) is 3. The number of nitrogens with one attached hydrogen (secondary N) is 1. The molecule has 0 aliphatic carbocycles. The Morgan fingerprint density at radius 3 is 2.43 bits per heavy atom. The van der Waals surface area contributed by atoms with Gasteiger partial charge in [0.15, 0.2) is 5.54 Å². The van der Waals surface area contributed by atoms with Crippen molar-refractivity contribution in [2.45, 2.75) is 25.8 Å². The first kappa shape index (κ1) is 15.1. The van der Waals surface area contributed by atoms with Gasteiger partial charge in [0.05, 0.1) is 7.11 Å². The molecule has 21 heavy (non-hydrogen) atoms. The molecule has 1 N–H and O–H groups in total. The Labute approximate surface area is 126 Å². The van der Waals surface area contributed by atoms with E-state index in [1.807, 2.05) is 68.4 Å². The van der Waals surface area contributed by atoms with Gasteiger partial charge in [-0.25, -0.2) is 4.79 Å². The maximum absolute atomic E-state index is 12.5. The predicted molar refractivity (Wildman–Crippen MR) is 85.2 cm³/mol. The van der Waals surface area contributed by atoms with E-state index in [1.165, 1.54) is 7.11 Å². The lowest BCUT2D eigenvalue weighted by Crippen LogP contribution is -2.43. The lowest BCUT2D eigenvalue weighted by Gasteiger charge is -2.32. The van der Waals surface area contributed by atoms with Crippen molar-refractivity contribution < 1.29 is 9.53 Å². The smallest absolute Gasteiger partial charge is 0.336 e. The number of carbonyl (C=O) groups is 1. The molecule has 0 amide bonds. The Hall–Kier alpha value is -2.29. The molecule has 0 saturated heterocycles. The molecule has 0 fully saturated rings. The van der Waals surface area contributed by atoms with Crippen molar-refractivity contribution in [3.63, 3.8) is 0 Å². The number of esters is 1. The van der Waals surface area contributed by atoms with Crippen molar-refractivity contribution in [3.05, 3.63) is 65.7 Å². The molecule has 1 atom stereocenters. The van der Waals surface area contributed by atoms with Gasteiger partial charge in [0, 0.05) is 5.69 Å². The summed E-state index contributed by atoms with van der Waals surface area (Å²) in [5, 5.41) is 3.38. The summed E-state index contributed by atoms with van der Waals surface area (Å²) in [5.41, 5.74) is 2.08. The Morgan fingerprint density at radius 1 is 1.14 bits per heavy atom. The summed E-state index contributed by atoms with van der Waals surface area (Å²) in [4.78, 5) is 12.5. The molecule has 0 aliphatic rings. The number of rotatable bonds is 5. The molecular weight excluding hydrogens is 262 g/mol. The van der Waals surface area contributed by atoms with Crippen LogP contribution < -0.4 is 5.32 Å². The second-order valence-corrected chi connectivity index (χ2v) is 5.11. The molecular formula is C18H21NO2. The van der Waals surface area contributed by atoms with Crippen LogP contribution in [0.25, 0.3) is 0 Å². The van der Waals surface area contributed by atoms with Crippen LogP contribution in [-0.4, -0.2) is 13.1 Å². The zero-order chi connectivity index (χ0) is 15.3. The van der Waals surface area contributed by atoms with Crippen LogP contribution in [0.3, 0.4) is 0 Å². The third-order valence-electron chi connectivity index (χ3n) is 3.71. The molecule has 3 heteroatoms. The molecule has 0 heterocycles. The lowest BCUT2D eigenvalue weighted by atomic mass is 9.86. The van der Waals surface area contributed by atoms with Crippen molar-refractivity contribution in [3.8, 4) is 0 Å². The number of carbonyl (C=O) groups excluding carboxylic acids is 1. The third-order valence-corrected chi connectivity index (χ3v) is 3.71. The quantitative estimate of drug-likeness (QED) is 0.846. The minimum atomic E-state index is -0.871. The van der Waals surface area contributed by atoms with Crippen LogP contribution in [0, 0.1) is 6.92 Å². The van der Waals surface area contributed by atoms with Crippen molar-refractivity contribution in [2.75, 3.05) is 12.4 Å². The Kier molecular flexibility index (Phi) is 4.63. The van der Waals surface area contributed by atoms with Crippen LogP contribution in [0.15, 0.2) is 54.6 Å². The van der Waals surface area contributed by atoms with Gasteiger partial charge in [-0.05, 0) is 36.6 Å². The van der Waals surface area contributed by atoms with Crippen molar-refractivity contribution in [1.29, 1.82) is 0 Å². The normalized spacial score (nSPS) is 13.3. The first-order chi connectivity index (χ1) is 10.1. The van der Waals surface area contributed by atoms with Crippen molar-refractivity contribution in [1.82, 2.24) is 0 Å². The van der Waals surface area contributed by atoms with Crippen molar-refractivity contribution >= 4 is 11.7 Å². The van der Waals surface area contributed by atoms with Gasteiger partial charge < -0.3 is 10.1 Å². The fourth-order valence-electron chi connectivity index (χ4n) is 2.54. The highest BCUT2D eigenvalue weighted by Gasteiger charge is 2.39. The number of benzene rings is 2. The molecule has 2 rings (SSSR count). The van der Waals surface area contributed by atoms with E-state index in [9.17, 15) is 4.79 Å². The van der Waals surface area contributed by atoms with Crippen LogP contribution in [0.1, 0.15) is 24.5 Å². The highest BCUT2D eigenvalue weighted by atomic mass is 16.5. The highest BCUT2D eigenvalue weighted by molar-refractivity contribution is 5.86. The van der Waals surface area contributed by atoms with E-state index in [-0.39, 0.29) is 5.97 Å². The number of aryl methyl sites for hydroxylation is 1. The molecule has 0 aliphatic heterocycles. The van der Waals surface area contributed by atoms with Gasteiger partial charge in [-0.15, -0.1) is 0 Å². The fourth-order valence-corrected chi connectivity index (χ4v) is 2.54. The minimum Gasteiger partial charge on any atom is -0.467 e. The lowest BCUT2D eigenvalue weighted by molar-refractivity contribution is -0.146. The maximum Gasteiger partial charge on any atom is 0.336 e. The number of hydrogen-bond donors (Lipinski definition) is 1. The van der Waals surface area contributed by atoms with Gasteiger partial charge >= 0.3 is 5.97 Å². The molecule has 3 nitrogen and oxygen atoms in total. The van der Waals surface area contributed by atoms with E-state index >= 15 is 0 Å². The summed E-state index contributed by atoms with van der Waals surface area (Å²) < 4.78 is 5.06. The zero-order valence-electron chi connectivity index (χ0n) is 12.7. The summed E-state index contributed by atoms with van der Waals surface area (Å²) >= 11 is 0. The number of anilines is 1. The summed E-state index contributed by atoms with van der Waals surface area (Å²) in [7, 11) is 1.42. The van der Waals surface area contributed by atoms with Crippen molar-refractivity contribution in [2.24, 2.45) is 0 Å². The average molecular weight is 283 g/mol. The molecule has 110 valence electrons. The van der Waals surface area contributed by atoms with Crippen LogP contribution in [0.2, 0.25) is 0 Å². The van der Waals surface area contributed by atoms with Crippen LogP contribution >= 0.6 is 0 Å². The molecule has 1 unspecified atom stereocenters. The van der Waals surface area contributed by atoms with Gasteiger partial charge in [0.1, 0.15) is 0 Å². The van der Waals surface area contributed by atoms with Gasteiger partial charge in [-0.1, -0.05) is 49.4 Å². The summed E-state index contributed by atoms with van der Waals surface area (Å²) in [5.74, 6) is -0.280. The largest absolute Gasteiger partial charge is 0.467 e. The van der Waals surface area contributed by atoms with Gasteiger partial charge in [0.2, 0.25) is 0 Å². The van der Waals surface area contributed by atoms with E-state index in [4.69, 9.17) is 4.74 Å². The van der Waals surface area contributed by atoms with Crippen LogP contribution in [0.4, 0.5) is 5.69 Å². The minimum absolute atomic E-state index is 0.280. The highest BCUT2D eigenvalue weighted by Crippen LogP contribution is 2.31. The zero-order valence-corrected chi connectivity index (χ0v) is 12.7. The standard InChI is InChI=1S/C18H21NO2/c1-4-18(17(20)21-3,15-10-6-5-7-11-15)19-16-12-8-9-14(2)13-16/h5-13,19H,4H2,1-3H3. The first-order valence-corrected chi connectivity index (χ1v) is 7.11. The van der Waals surface area contributed by atoms with E-state index in [1.54, 1.807) is 0 Å². The van der Waals surface area contributed by atoms with Gasteiger partial charge in [-0.2, -0.15) is 0 Å². The fraction of sp³-hybridized carbons (Fsp3) is 0.278. The molecule has 0 aromatic heterocycles. The first-order valence-electron chi connectivity index (χ1n) is 7.11. The van der Waals surface area contributed by atoms with Gasteiger partial charge in [-0.3, -0.25) is 0 Å². The second kappa shape index (κ2) is 6.44. The molecule has 0 saturated carbocycles. The summed E-state index contributed by atoms with van der Waals surface area (Å²) in [6, 6.07) is 17.7. The Morgan fingerprint density at radius 2 is 1.86 bits per heavy atom. The van der Waals surface area contributed by atoms with Crippen LogP contribution in [-0.2, 0) is 15.1 Å². The van der Waals surface area contributed by atoms with Crippen LogP contribution in [0.5, 0.6) is 0 Å². The molecule has 0 radical (unpaired) electrons. The molecule has 2 aromatic rings. The molecule has 0 spiro atoms. The molecule has 0 bridgehead atoms. The average Bonchev–Trinajstić information content (AvgIpc) is 2.53. The topological polar surface area (TPSA) is 38.3 Å². The van der Waals surface area contributed by atoms with Gasteiger partial charge in [0.25, 0.3) is 0 Å². The Bertz CT molecular complexity index is 610. The predicted octanol–water partition coefficient (Wildman–Crippen LogP) is 3.89. The molecule has 2 aromatic carbocycles. The SMILES string of the molecule is CCC(Nc1cccc(C)c1)(C(=O)OC)c1ccccc1. The van der Waals surface area contributed by atoms with E-state index in [2.05, 4.69) is 5.32 Å². The number of methoxy groups -OCH3 is 1. The maximum atomic E-state index is 12.5. The Balaban J connectivity index is 2.48. The summed E-state index contributed by atoms with van der Waals surface area (Å²) in [6.07, 6.45) is 0.595. The number of ether oxygens (including phenoxy) is 1. The van der Waals surface area contributed by atoms with E-state index in [0.717, 1.165) is 16.8 Å². The van der Waals surface area contributed by atoms with E-state index in [0.29, 0.717) is 6.42 Å². The second-order valence-electron chi connectivity index (χ2n) is 5.11. The van der Waals surface area contributed by atoms with E-state index < -0.39 is 5.54 Å². The monoisotopic (exact) mass is 283 g/mol.